The molecule has 0 unspecified atom stereocenters. The van der Waals surface area contributed by atoms with E-state index in [0.717, 1.165) is 32.7 Å². The van der Waals surface area contributed by atoms with E-state index in [1.54, 1.807) is 23.4 Å². The van der Waals surface area contributed by atoms with Crippen molar-refractivity contribution in [1.82, 2.24) is 19.8 Å². The van der Waals surface area contributed by atoms with Crippen LogP contribution in [0.2, 0.25) is 5.02 Å². The molecule has 0 amide bonds. The molecule has 0 saturated carbocycles. The first kappa shape index (κ1) is 16.9. The third-order valence-electron chi connectivity index (χ3n) is 3.86. The summed E-state index contributed by atoms with van der Waals surface area (Å²) in [6.07, 6.45) is 0. The van der Waals surface area contributed by atoms with Crippen molar-refractivity contribution in [3.8, 4) is 17.1 Å². The number of thioether (sulfide) groups is 1. The first-order valence-corrected chi connectivity index (χ1v) is 9.33. The summed E-state index contributed by atoms with van der Waals surface area (Å²) in [5.41, 5.74) is 2.80. The van der Waals surface area contributed by atoms with Gasteiger partial charge in [-0.3, -0.25) is 0 Å². The second kappa shape index (κ2) is 7.35. The summed E-state index contributed by atoms with van der Waals surface area (Å²) in [4.78, 5) is 0. The molecule has 2 heterocycles. The van der Waals surface area contributed by atoms with Crippen molar-refractivity contribution in [2.75, 3.05) is 7.11 Å². The maximum atomic E-state index is 6.05. The molecule has 4 aromatic rings. The Morgan fingerprint density at radius 1 is 1.04 bits per heavy atom. The van der Waals surface area contributed by atoms with Crippen LogP contribution in [0.4, 0.5) is 0 Å². The lowest BCUT2D eigenvalue weighted by molar-refractivity contribution is 0.415. The van der Waals surface area contributed by atoms with Gasteiger partial charge in [-0.2, -0.15) is 9.61 Å². The summed E-state index contributed by atoms with van der Waals surface area (Å²) in [6.45, 7) is 0. The van der Waals surface area contributed by atoms with Crippen molar-refractivity contribution in [3.05, 3.63) is 71.2 Å². The zero-order chi connectivity index (χ0) is 17.9. The van der Waals surface area contributed by atoms with Crippen LogP contribution >= 0.6 is 23.4 Å². The normalized spacial score (nSPS) is 11.0. The van der Waals surface area contributed by atoms with Gasteiger partial charge < -0.3 is 4.74 Å². The highest BCUT2D eigenvalue weighted by Crippen LogP contribution is 2.25. The number of rotatable bonds is 5. The molecular formula is C19H15ClN4OS. The highest BCUT2D eigenvalue weighted by molar-refractivity contribution is 7.98. The largest absolute Gasteiger partial charge is 0.497 e. The Kier molecular flexibility index (Phi) is 4.77. The van der Waals surface area contributed by atoms with Gasteiger partial charge in [0, 0.05) is 16.3 Å². The van der Waals surface area contributed by atoms with Crippen LogP contribution < -0.4 is 4.74 Å². The first-order chi connectivity index (χ1) is 12.7. The molecule has 0 bridgehead atoms. The molecule has 2 aromatic heterocycles. The zero-order valence-electron chi connectivity index (χ0n) is 14.0. The van der Waals surface area contributed by atoms with E-state index in [4.69, 9.17) is 16.3 Å². The molecule has 0 aliphatic heterocycles. The Bertz CT molecular complexity index is 1050. The second-order valence-electron chi connectivity index (χ2n) is 5.61. The number of hydrogen-bond acceptors (Lipinski definition) is 5. The molecule has 26 heavy (non-hydrogen) atoms. The van der Waals surface area contributed by atoms with E-state index in [2.05, 4.69) is 21.4 Å². The monoisotopic (exact) mass is 382 g/mol. The van der Waals surface area contributed by atoms with Gasteiger partial charge in [0.25, 0.3) is 0 Å². The predicted molar refractivity (Wildman–Crippen MR) is 104 cm³/mol. The third-order valence-corrected chi connectivity index (χ3v) is 5.09. The first-order valence-electron chi connectivity index (χ1n) is 7.97. The summed E-state index contributed by atoms with van der Waals surface area (Å²) in [5.74, 6) is 2.29. The number of benzene rings is 2. The van der Waals surface area contributed by atoms with Crippen LogP contribution in [0.1, 0.15) is 5.56 Å². The average Bonchev–Trinajstić information content (AvgIpc) is 3.10. The van der Waals surface area contributed by atoms with Crippen molar-refractivity contribution in [3.63, 3.8) is 0 Å². The van der Waals surface area contributed by atoms with Gasteiger partial charge >= 0.3 is 0 Å². The standard InChI is InChI=1S/C19H15ClN4OS/c1-25-16-7-5-14(6-8-16)19-22-21-17-9-10-18(23-24(17)19)26-12-13-3-2-4-15(20)11-13/h2-11H,12H2,1H3. The molecule has 2 aromatic carbocycles. The van der Waals surface area contributed by atoms with E-state index in [-0.39, 0.29) is 0 Å². The van der Waals surface area contributed by atoms with Crippen molar-refractivity contribution in [1.29, 1.82) is 0 Å². The molecule has 0 radical (unpaired) electrons. The SMILES string of the molecule is COc1ccc(-c2nnc3ccc(SCc4cccc(Cl)c4)nn23)cc1. The van der Waals surface area contributed by atoms with Crippen LogP contribution in [0.3, 0.4) is 0 Å². The van der Waals surface area contributed by atoms with Gasteiger partial charge in [0.05, 0.1) is 7.11 Å². The maximum Gasteiger partial charge on any atom is 0.185 e. The van der Waals surface area contributed by atoms with Crippen molar-refractivity contribution in [2.24, 2.45) is 0 Å². The Morgan fingerprint density at radius 2 is 1.88 bits per heavy atom. The molecule has 0 N–H and O–H groups in total. The quantitative estimate of drug-likeness (QED) is 0.466. The Balaban J connectivity index is 1.61. The van der Waals surface area contributed by atoms with E-state index in [0.29, 0.717) is 11.5 Å². The van der Waals surface area contributed by atoms with E-state index in [1.165, 1.54) is 0 Å². The highest BCUT2D eigenvalue weighted by atomic mass is 35.5. The maximum absolute atomic E-state index is 6.05. The summed E-state index contributed by atoms with van der Waals surface area (Å²) < 4.78 is 6.97. The molecule has 0 saturated heterocycles. The van der Waals surface area contributed by atoms with Crippen molar-refractivity contribution in [2.45, 2.75) is 10.8 Å². The van der Waals surface area contributed by atoms with Gasteiger partial charge in [-0.25, -0.2) is 0 Å². The number of hydrogen-bond donors (Lipinski definition) is 0. The van der Waals surface area contributed by atoms with Crippen LogP contribution in [0, 0.1) is 0 Å². The topological polar surface area (TPSA) is 52.3 Å². The van der Waals surface area contributed by atoms with E-state index in [9.17, 15) is 0 Å². The molecule has 5 nitrogen and oxygen atoms in total. The zero-order valence-corrected chi connectivity index (χ0v) is 15.5. The number of ether oxygens (including phenoxy) is 1. The number of nitrogens with zero attached hydrogens (tertiary/aromatic N) is 4. The Morgan fingerprint density at radius 3 is 2.65 bits per heavy atom. The fourth-order valence-corrected chi connectivity index (χ4v) is 3.56. The number of fused-ring (bicyclic) bond motifs is 1. The minimum atomic E-state index is 0.702. The van der Waals surface area contributed by atoms with Crippen LogP contribution in [0.25, 0.3) is 17.0 Å². The average molecular weight is 383 g/mol. The van der Waals surface area contributed by atoms with Gasteiger partial charge in [-0.15, -0.1) is 10.2 Å². The van der Waals surface area contributed by atoms with Crippen molar-refractivity contribution >= 4 is 29.0 Å². The number of methoxy groups -OCH3 is 1. The Labute approximate surface area is 160 Å². The van der Waals surface area contributed by atoms with E-state index in [1.807, 2.05) is 54.6 Å². The van der Waals surface area contributed by atoms with Gasteiger partial charge in [0.2, 0.25) is 0 Å². The lowest BCUT2D eigenvalue weighted by Crippen LogP contribution is -1.96. The minimum absolute atomic E-state index is 0.702. The fourth-order valence-electron chi connectivity index (χ4n) is 2.55. The summed E-state index contributed by atoms with van der Waals surface area (Å²) in [7, 11) is 1.65. The molecule has 130 valence electrons. The summed E-state index contributed by atoms with van der Waals surface area (Å²) >= 11 is 7.69. The van der Waals surface area contributed by atoms with E-state index >= 15 is 0 Å². The van der Waals surface area contributed by atoms with Crippen LogP contribution in [0.15, 0.2) is 65.7 Å². The van der Waals surface area contributed by atoms with Crippen molar-refractivity contribution < 1.29 is 4.74 Å². The molecule has 0 aliphatic rings. The van der Waals surface area contributed by atoms with Crippen LogP contribution in [-0.2, 0) is 5.75 Å². The number of aromatic nitrogens is 4. The molecular weight excluding hydrogens is 368 g/mol. The van der Waals surface area contributed by atoms with Gasteiger partial charge in [0.1, 0.15) is 10.8 Å². The smallest absolute Gasteiger partial charge is 0.185 e. The van der Waals surface area contributed by atoms with E-state index < -0.39 is 0 Å². The molecule has 0 atom stereocenters. The third kappa shape index (κ3) is 3.52. The molecule has 0 fully saturated rings. The lowest BCUT2D eigenvalue weighted by Gasteiger charge is -2.04. The minimum Gasteiger partial charge on any atom is -0.497 e. The lowest BCUT2D eigenvalue weighted by atomic mass is 10.2. The molecule has 0 aliphatic carbocycles. The Hall–Kier alpha value is -2.57. The van der Waals surface area contributed by atoms with Gasteiger partial charge in [0.15, 0.2) is 11.5 Å². The fraction of sp³-hybridized carbons (Fsp3) is 0.105. The predicted octanol–water partition coefficient (Wildman–Crippen LogP) is 4.75. The second-order valence-corrected chi connectivity index (χ2v) is 7.04. The highest BCUT2D eigenvalue weighted by Gasteiger charge is 2.10. The summed E-state index contributed by atoms with van der Waals surface area (Å²) in [6, 6.07) is 19.4. The van der Waals surface area contributed by atoms with Crippen LogP contribution in [0.5, 0.6) is 5.75 Å². The number of halogens is 1. The molecule has 4 rings (SSSR count). The summed E-state index contributed by atoms with van der Waals surface area (Å²) in [5, 5.41) is 14.8. The molecule has 7 heteroatoms. The molecule has 0 spiro atoms. The van der Waals surface area contributed by atoms with Gasteiger partial charge in [-0.1, -0.05) is 35.5 Å². The van der Waals surface area contributed by atoms with Gasteiger partial charge in [-0.05, 0) is 54.1 Å². The van der Waals surface area contributed by atoms with Crippen LogP contribution in [-0.4, -0.2) is 26.9 Å².